The van der Waals surface area contributed by atoms with Crippen LogP contribution in [0.5, 0.6) is 5.75 Å². The number of aromatic nitrogens is 3. The van der Waals surface area contributed by atoms with E-state index in [9.17, 15) is 5.11 Å². The van der Waals surface area contributed by atoms with E-state index < -0.39 is 6.10 Å². The van der Waals surface area contributed by atoms with E-state index in [0.717, 1.165) is 53.0 Å². The quantitative estimate of drug-likeness (QED) is 0.356. The molecule has 3 atom stereocenters. The van der Waals surface area contributed by atoms with Crippen molar-refractivity contribution in [2.45, 2.75) is 78.0 Å². The lowest BCUT2D eigenvalue weighted by Gasteiger charge is -2.38. The highest BCUT2D eigenvalue weighted by Gasteiger charge is 2.36. The molecule has 3 heterocycles. The highest BCUT2D eigenvalue weighted by molar-refractivity contribution is 6.33. The molecule has 39 heavy (non-hydrogen) atoms. The van der Waals surface area contributed by atoms with Crippen LogP contribution in [0, 0.1) is 26.7 Å². The summed E-state index contributed by atoms with van der Waals surface area (Å²) in [5.74, 6) is 2.46. The number of halogens is 1. The minimum atomic E-state index is -0.615. The Hall–Kier alpha value is -2.52. The van der Waals surface area contributed by atoms with E-state index in [1.165, 1.54) is 25.7 Å². The molecule has 0 unspecified atom stereocenters. The first-order chi connectivity index (χ1) is 18.7. The van der Waals surface area contributed by atoms with Crippen molar-refractivity contribution in [3.63, 3.8) is 0 Å². The van der Waals surface area contributed by atoms with Gasteiger partial charge < -0.3 is 19.7 Å². The molecular weight excluding hydrogens is 514 g/mol. The monoisotopic (exact) mass is 553 g/mol. The number of aliphatic hydroxyl groups excluding tert-OH is 1. The SMILES string of the molecule is CNC[C@@H](O)COc1ccc(Cl)c(-c2nc(C[C@H]3CCN(C4CC4)[C@@H](C)C3)c(C)c(-c3c(C)noc3C)n2)c1. The second-order valence-corrected chi connectivity index (χ2v) is 11.7. The van der Waals surface area contributed by atoms with Gasteiger partial charge in [-0.15, -0.1) is 0 Å². The molecule has 0 amide bonds. The Bertz CT molecular complexity index is 1290. The van der Waals surface area contributed by atoms with Crippen LogP contribution in [0.2, 0.25) is 5.02 Å². The topological polar surface area (TPSA) is 96.5 Å². The molecule has 2 aliphatic rings. The highest BCUT2D eigenvalue weighted by Crippen LogP contribution is 2.38. The first kappa shape index (κ1) is 28.0. The van der Waals surface area contributed by atoms with Crippen LogP contribution >= 0.6 is 11.6 Å². The standard InChI is InChI=1S/C30H40ClN5O3/c1-17-12-21(10-11-36(17)22-6-7-22)13-27-18(2)29(28-19(3)35-39-20(28)4)34-30(33-27)25-14-24(8-9-26(25)31)38-16-23(37)15-32-5/h8-9,14,17,21-23,32,37H,6-7,10-13,15-16H2,1-5H3/t17-,21-,23+/m0/s1. The van der Waals surface area contributed by atoms with Gasteiger partial charge in [0.2, 0.25) is 0 Å². The molecule has 210 valence electrons. The molecule has 3 aromatic rings. The molecule has 1 saturated heterocycles. The first-order valence-corrected chi connectivity index (χ1v) is 14.4. The molecule has 1 aliphatic heterocycles. The number of likely N-dealkylation sites (tertiary alicyclic amines) is 1. The summed E-state index contributed by atoms with van der Waals surface area (Å²) in [5.41, 5.74) is 5.35. The maximum Gasteiger partial charge on any atom is 0.161 e. The summed E-state index contributed by atoms with van der Waals surface area (Å²) in [7, 11) is 1.80. The number of piperidine rings is 1. The lowest BCUT2D eigenvalue weighted by molar-refractivity contribution is 0.108. The summed E-state index contributed by atoms with van der Waals surface area (Å²) >= 11 is 6.71. The van der Waals surface area contributed by atoms with Gasteiger partial charge in [-0.2, -0.15) is 0 Å². The molecule has 0 spiro atoms. The molecule has 1 aliphatic carbocycles. The Kier molecular flexibility index (Phi) is 8.57. The van der Waals surface area contributed by atoms with E-state index in [2.05, 4.69) is 29.2 Å². The normalized spacial score (nSPS) is 20.8. The summed E-state index contributed by atoms with van der Waals surface area (Å²) in [5, 5.41) is 17.8. The van der Waals surface area contributed by atoms with Crippen molar-refractivity contribution in [3.8, 4) is 28.4 Å². The number of aryl methyl sites for hydroxylation is 2. The molecule has 1 aromatic carbocycles. The zero-order valence-corrected chi connectivity index (χ0v) is 24.4. The van der Waals surface area contributed by atoms with Gasteiger partial charge >= 0.3 is 0 Å². The Morgan fingerprint density at radius 2 is 2.00 bits per heavy atom. The van der Waals surface area contributed by atoms with Gasteiger partial charge in [0.15, 0.2) is 5.82 Å². The number of likely N-dealkylation sites (N-methyl/N-ethyl adjacent to an activating group) is 1. The zero-order valence-electron chi connectivity index (χ0n) is 23.6. The summed E-state index contributed by atoms with van der Waals surface area (Å²) < 4.78 is 11.4. The van der Waals surface area contributed by atoms with Crippen molar-refractivity contribution in [3.05, 3.63) is 45.9 Å². The van der Waals surface area contributed by atoms with Gasteiger partial charge in [0.05, 0.1) is 22.0 Å². The Balaban J connectivity index is 1.49. The number of hydrogen-bond donors (Lipinski definition) is 2. The Morgan fingerprint density at radius 1 is 1.21 bits per heavy atom. The summed E-state index contributed by atoms with van der Waals surface area (Å²) in [6, 6.07) is 6.86. The third-order valence-corrected chi connectivity index (χ3v) is 8.44. The minimum Gasteiger partial charge on any atom is -0.491 e. The number of nitrogens with zero attached hydrogens (tertiary/aromatic N) is 4. The molecule has 2 aromatic heterocycles. The molecule has 0 radical (unpaired) electrons. The Morgan fingerprint density at radius 3 is 2.67 bits per heavy atom. The molecule has 8 nitrogen and oxygen atoms in total. The van der Waals surface area contributed by atoms with Crippen molar-refractivity contribution >= 4 is 11.6 Å². The first-order valence-electron chi connectivity index (χ1n) is 14.1. The van der Waals surface area contributed by atoms with Gasteiger partial charge in [-0.05, 0) is 103 Å². The van der Waals surface area contributed by atoms with Gasteiger partial charge in [-0.25, -0.2) is 9.97 Å². The van der Waals surface area contributed by atoms with Gasteiger partial charge in [0.25, 0.3) is 0 Å². The molecule has 2 N–H and O–H groups in total. The van der Waals surface area contributed by atoms with Crippen molar-refractivity contribution in [1.29, 1.82) is 0 Å². The smallest absolute Gasteiger partial charge is 0.161 e. The van der Waals surface area contributed by atoms with Gasteiger partial charge in [0.1, 0.15) is 24.2 Å². The van der Waals surface area contributed by atoms with Crippen LogP contribution in [-0.4, -0.2) is 70.1 Å². The van der Waals surface area contributed by atoms with Crippen LogP contribution in [-0.2, 0) is 6.42 Å². The summed E-state index contributed by atoms with van der Waals surface area (Å²) in [4.78, 5) is 12.8. The molecule has 1 saturated carbocycles. The summed E-state index contributed by atoms with van der Waals surface area (Å²) in [6.07, 6.45) is 5.33. The van der Waals surface area contributed by atoms with Crippen molar-refractivity contribution in [1.82, 2.24) is 25.3 Å². The van der Waals surface area contributed by atoms with Crippen LogP contribution in [0.4, 0.5) is 0 Å². The van der Waals surface area contributed by atoms with Gasteiger partial charge in [-0.3, -0.25) is 4.90 Å². The van der Waals surface area contributed by atoms with E-state index in [4.69, 9.17) is 30.8 Å². The zero-order chi connectivity index (χ0) is 27.7. The summed E-state index contributed by atoms with van der Waals surface area (Å²) in [6.45, 7) is 10.1. The highest BCUT2D eigenvalue weighted by atomic mass is 35.5. The van der Waals surface area contributed by atoms with Gasteiger partial charge in [-0.1, -0.05) is 16.8 Å². The van der Waals surface area contributed by atoms with E-state index in [1.54, 1.807) is 19.2 Å². The molecule has 9 heteroatoms. The second-order valence-electron chi connectivity index (χ2n) is 11.2. The number of benzene rings is 1. The van der Waals surface area contributed by atoms with Crippen molar-refractivity contribution in [2.75, 3.05) is 26.7 Å². The van der Waals surface area contributed by atoms with E-state index >= 15 is 0 Å². The fourth-order valence-electron chi connectivity index (χ4n) is 5.89. The van der Waals surface area contributed by atoms with Crippen molar-refractivity contribution < 1.29 is 14.4 Å². The number of hydrogen-bond acceptors (Lipinski definition) is 8. The van der Waals surface area contributed by atoms with E-state index in [1.807, 2.05) is 19.9 Å². The maximum absolute atomic E-state index is 10.1. The van der Waals surface area contributed by atoms with Crippen LogP contribution in [0.25, 0.3) is 22.6 Å². The molecule has 2 fully saturated rings. The minimum absolute atomic E-state index is 0.171. The number of ether oxygens (including phenoxy) is 1. The number of rotatable bonds is 10. The van der Waals surface area contributed by atoms with E-state index in [0.29, 0.717) is 40.7 Å². The molecular formula is C30H40ClN5O3. The average Bonchev–Trinajstić information content (AvgIpc) is 3.69. The largest absolute Gasteiger partial charge is 0.491 e. The predicted octanol–water partition coefficient (Wildman–Crippen LogP) is 5.14. The fourth-order valence-corrected chi connectivity index (χ4v) is 6.10. The van der Waals surface area contributed by atoms with Crippen LogP contribution < -0.4 is 10.1 Å². The molecule has 5 rings (SSSR count). The lowest BCUT2D eigenvalue weighted by Crippen LogP contribution is -2.42. The van der Waals surface area contributed by atoms with Crippen LogP contribution in [0.15, 0.2) is 22.7 Å². The second kappa shape index (κ2) is 11.9. The number of aliphatic hydroxyl groups is 1. The van der Waals surface area contributed by atoms with Crippen LogP contribution in [0.1, 0.15) is 55.3 Å². The third kappa shape index (κ3) is 6.30. The van der Waals surface area contributed by atoms with E-state index in [-0.39, 0.29) is 6.61 Å². The molecule has 0 bridgehead atoms. The average molecular weight is 554 g/mol. The Labute approximate surface area is 236 Å². The lowest BCUT2D eigenvalue weighted by atomic mass is 9.86. The van der Waals surface area contributed by atoms with Crippen molar-refractivity contribution in [2.24, 2.45) is 5.92 Å². The fraction of sp³-hybridized carbons (Fsp3) is 0.567. The predicted molar refractivity (Wildman–Crippen MR) is 153 cm³/mol. The van der Waals surface area contributed by atoms with Gasteiger partial charge in [0, 0.05) is 29.9 Å². The number of nitrogens with one attached hydrogen (secondary N) is 1. The van der Waals surface area contributed by atoms with Crippen LogP contribution in [0.3, 0.4) is 0 Å². The maximum atomic E-state index is 10.1. The third-order valence-electron chi connectivity index (χ3n) is 8.11.